The molecule has 0 heterocycles. The van der Waals surface area contributed by atoms with Crippen LogP contribution in [0.25, 0.3) is 0 Å². The molecule has 128 valence electrons. The van der Waals surface area contributed by atoms with Crippen molar-refractivity contribution in [3.63, 3.8) is 0 Å². The molecule has 0 radical (unpaired) electrons. The average Bonchev–Trinajstić information content (AvgIpc) is 2.54. The Morgan fingerprint density at radius 2 is 1.67 bits per heavy atom. The highest BCUT2D eigenvalue weighted by atomic mass is 19.1. The summed E-state index contributed by atoms with van der Waals surface area (Å²) in [5.41, 5.74) is 1.78. The van der Waals surface area contributed by atoms with E-state index in [1.807, 2.05) is 39.0 Å². The Bertz CT molecular complexity index is 661. The molecule has 0 aromatic heterocycles. The second-order valence-electron chi connectivity index (χ2n) is 7.14. The first-order chi connectivity index (χ1) is 11.4. The first-order valence-electron chi connectivity index (χ1n) is 8.46. The zero-order chi connectivity index (χ0) is 17.6. The topological polar surface area (TPSA) is 29.1 Å². The van der Waals surface area contributed by atoms with Crippen molar-refractivity contribution >= 4 is 5.91 Å². The predicted octanol–water partition coefficient (Wildman–Crippen LogP) is 5.25. The van der Waals surface area contributed by atoms with Crippen LogP contribution >= 0.6 is 0 Å². The average molecular weight is 327 g/mol. The smallest absolute Gasteiger partial charge is 0.252 e. The molecule has 0 aliphatic carbocycles. The van der Waals surface area contributed by atoms with Crippen LogP contribution in [-0.2, 0) is 6.42 Å². The standard InChI is InChI=1S/C21H26FNO/c1-21(2,3)23-20(24)18-14-8-7-13-17(18)19(22)15-9-12-16-10-5-4-6-11-16/h4-8,10-11,13-14,19H,9,12,15H2,1-3H3,(H,23,24)/t19-/m0/s1. The van der Waals surface area contributed by atoms with Crippen LogP contribution in [0.5, 0.6) is 0 Å². The summed E-state index contributed by atoms with van der Waals surface area (Å²) in [7, 11) is 0. The Balaban J connectivity index is 2.01. The molecule has 0 aliphatic heterocycles. The Labute approximate surface area is 144 Å². The highest BCUT2D eigenvalue weighted by Crippen LogP contribution is 2.27. The van der Waals surface area contributed by atoms with Crippen molar-refractivity contribution < 1.29 is 9.18 Å². The molecule has 0 aliphatic rings. The summed E-state index contributed by atoms with van der Waals surface area (Å²) < 4.78 is 14.7. The summed E-state index contributed by atoms with van der Waals surface area (Å²) in [5, 5.41) is 2.91. The number of halogens is 1. The number of carbonyl (C=O) groups is 1. The van der Waals surface area contributed by atoms with E-state index in [0.29, 0.717) is 17.5 Å². The van der Waals surface area contributed by atoms with Gasteiger partial charge in [-0.2, -0.15) is 0 Å². The highest BCUT2D eigenvalue weighted by molar-refractivity contribution is 5.96. The zero-order valence-corrected chi connectivity index (χ0v) is 14.7. The van der Waals surface area contributed by atoms with E-state index in [4.69, 9.17) is 0 Å². The largest absolute Gasteiger partial charge is 0.347 e. The molecule has 0 spiro atoms. The lowest BCUT2D eigenvalue weighted by Crippen LogP contribution is -2.41. The third kappa shape index (κ3) is 5.48. The molecule has 1 amide bonds. The molecule has 3 heteroatoms. The molecule has 2 aromatic rings. The zero-order valence-electron chi connectivity index (χ0n) is 14.7. The first-order valence-corrected chi connectivity index (χ1v) is 8.46. The Hall–Kier alpha value is -2.16. The maximum atomic E-state index is 14.7. The van der Waals surface area contributed by atoms with E-state index in [-0.39, 0.29) is 11.4 Å². The fourth-order valence-corrected chi connectivity index (χ4v) is 2.67. The van der Waals surface area contributed by atoms with E-state index in [2.05, 4.69) is 17.4 Å². The SMILES string of the molecule is CC(C)(C)NC(=O)c1ccccc1[C@@H](F)CCCc1ccccc1. The summed E-state index contributed by atoms with van der Waals surface area (Å²) in [5.74, 6) is -0.219. The van der Waals surface area contributed by atoms with Crippen LogP contribution in [0.3, 0.4) is 0 Å². The monoisotopic (exact) mass is 327 g/mol. The van der Waals surface area contributed by atoms with Gasteiger partial charge in [-0.05, 0) is 57.2 Å². The summed E-state index contributed by atoms with van der Waals surface area (Å²) in [6.45, 7) is 5.75. The number of hydrogen-bond donors (Lipinski definition) is 1. The molecule has 24 heavy (non-hydrogen) atoms. The lowest BCUT2D eigenvalue weighted by Gasteiger charge is -2.22. The molecule has 1 N–H and O–H groups in total. The van der Waals surface area contributed by atoms with Crippen LogP contribution in [0.15, 0.2) is 54.6 Å². The second-order valence-corrected chi connectivity index (χ2v) is 7.14. The van der Waals surface area contributed by atoms with Crippen LogP contribution < -0.4 is 5.32 Å². The van der Waals surface area contributed by atoms with Gasteiger partial charge in [-0.25, -0.2) is 4.39 Å². The van der Waals surface area contributed by atoms with Gasteiger partial charge in [0.25, 0.3) is 5.91 Å². The minimum atomic E-state index is -1.13. The van der Waals surface area contributed by atoms with E-state index < -0.39 is 6.17 Å². The van der Waals surface area contributed by atoms with E-state index in [0.717, 1.165) is 12.8 Å². The Morgan fingerprint density at radius 1 is 1.04 bits per heavy atom. The van der Waals surface area contributed by atoms with Crippen molar-refractivity contribution in [2.75, 3.05) is 0 Å². The van der Waals surface area contributed by atoms with Gasteiger partial charge in [-0.3, -0.25) is 4.79 Å². The van der Waals surface area contributed by atoms with Crippen molar-refractivity contribution in [1.29, 1.82) is 0 Å². The summed E-state index contributed by atoms with van der Waals surface area (Å²) in [6, 6.07) is 17.0. The fourth-order valence-electron chi connectivity index (χ4n) is 2.67. The third-order valence-electron chi connectivity index (χ3n) is 3.80. The molecule has 0 saturated carbocycles. The second kappa shape index (κ2) is 8.09. The van der Waals surface area contributed by atoms with Gasteiger partial charge in [0.2, 0.25) is 0 Å². The van der Waals surface area contributed by atoms with Crippen molar-refractivity contribution in [3.8, 4) is 0 Å². The van der Waals surface area contributed by atoms with Crippen LogP contribution in [0.4, 0.5) is 4.39 Å². The quantitative estimate of drug-likeness (QED) is 0.771. The van der Waals surface area contributed by atoms with Gasteiger partial charge in [0, 0.05) is 11.1 Å². The summed E-state index contributed by atoms with van der Waals surface area (Å²) >= 11 is 0. The van der Waals surface area contributed by atoms with E-state index in [9.17, 15) is 9.18 Å². The van der Waals surface area contributed by atoms with E-state index >= 15 is 0 Å². The van der Waals surface area contributed by atoms with E-state index in [1.165, 1.54) is 5.56 Å². The molecule has 0 unspecified atom stereocenters. The molecule has 1 atom stereocenters. The van der Waals surface area contributed by atoms with Crippen LogP contribution in [0, 0.1) is 0 Å². The predicted molar refractivity (Wildman–Crippen MR) is 96.9 cm³/mol. The first kappa shape index (κ1) is 18.2. The van der Waals surface area contributed by atoms with Crippen molar-refractivity contribution in [2.24, 2.45) is 0 Å². The molecule has 0 bridgehead atoms. The Kier molecular flexibility index (Phi) is 6.13. The number of rotatable bonds is 6. The van der Waals surface area contributed by atoms with Gasteiger partial charge in [0.15, 0.2) is 0 Å². The molecule has 0 saturated heterocycles. The molecule has 2 aromatic carbocycles. The van der Waals surface area contributed by atoms with Gasteiger partial charge in [-0.15, -0.1) is 0 Å². The van der Waals surface area contributed by atoms with Gasteiger partial charge >= 0.3 is 0 Å². The number of benzene rings is 2. The van der Waals surface area contributed by atoms with E-state index in [1.54, 1.807) is 24.3 Å². The fraction of sp³-hybridized carbons (Fsp3) is 0.381. The normalized spacial score (nSPS) is 12.7. The number of carbonyl (C=O) groups excluding carboxylic acids is 1. The number of amides is 1. The molecule has 2 nitrogen and oxygen atoms in total. The Morgan fingerprint density at radius 3 is 2.33 bits per heavy atom. The maximum Gasteiger partial charge on any atom is 0.252 e. The lowest BCUT2D eigenvalue weighted by atomic mass is 9.97. The van der Waals surface area contributed by atoms with Crippen molar-refractivity contribution in [1.82, 2.24) is 5.32 Å². The van der Waals surface area contributed by atoms with Gasteiger partial charge in [0.1, 0.15) is 6.17 Å². The molecular formula is C21H26FNO. The number of aryl methyl sites for hydroxylation is 1. The molecular weight excluding hydrogens is 301 g/mol. The van der Waals surface area contributed by atoms with Crippen LogP contribution in [0.2, 0.25) is 0 Å². The minimum Gasteiger partial charge on any atom is -0.347 e. The number of alkyl halides is 1. The summed E-state index contributed by atoms with van der Waals surface area (Å²) in [4.78, 5) is 12.4. The summed E-state index contributed by atoms with van der Waals surface area (Å²) in [6.07, 6.45) is 0.878. The third-order valence-corrected chi connectivity index (χ3v) is 3.80. The van der Waals surface area contributed by atoms with Crippen LogP contribution in [0.1, 0.15) is 61.3 Å². The van der Waals surface area contributed by atoms with Gasteiger partial charge in [-0.1, -0.05) is 48.5 Å². The molecule has 2 rings (SSSR count). The minimum absolute atomic E-state index is 0.219. The molecule has 0 fully saturated rings. The number of nitrogens with one attached hydrogen (secondary N) is 1. The lowest BCUT2D eigenvalue weighted by molar-refractivity contribution is 0.0916. The van der Waals surface area contributed by atoms with Gasteiger partial charge < -0.3 is 5.32 Å². The van der Waals surface area contributed by atoms with Gasteiger partial charge in [0.05, 0.1) is 0 Å². The van der Waals surface area contributed by atoms with Crippen LogP contribution in [-0.4, -0.2) is 11.4 Å². The van der Waals surface area contributed by atoms with Crippen molar-refractivity contribution in [2.45, 2.75) is 51.7 Å². The van der Waals surface area contributed by atoms with Crippen molar-refractivity contribution in [3.05, 3.63) is 71.3 Å². The highest BCUT2D eigenvalue weighted by Gasteiger charge is 2.21. The number of hydrogen-bond acceptors (Lipinski definition) is 1. The maximum absolute atomic E-state index is 14.7.